The maximum Gasteiger partial charge on any atom is 0.337 e. The van der Waals surface area contributed by atoms with Crippen molar-refractivity contribution in [2.75, 3.05) is 0 Å². The first-order valence-electron chi connectivity index (χ1n) is 4.73. The second kappa shape index (κ2) is 5.67. The van der Waals surface area contributed by atoms with Crippen LogP contribution in [0, 0.1) is 0 Å². The smallest absolute Gasteiger partial charge is 0.337 e. The van der Waals surface area contributed by atoms with E-state index in [9.17, 15) is 14.7 Å². The molecular weight excluding hydrogens is 228 g/mol. The quantitative estimate of drug-likeness (QED) is 0.534. The summed E-state index contributed by atoms with van der Waals surface area (Å²) >= 11 is 4.11. The molecular formula is C11H12O4S. The standard InChI is InChI=1S/C11H12O4S/c12-6-2-4-7-3-1-5-8(16)9(7)10(13)11(14)15/h1,3,5-6,10,13,16H,2,4H2,(H,14,15). The summed E-state index contributed by atoms with van der Waals surface area (Å²) in [5, 5.41) is 18.3. The number of hydrogen-bond donors (Lipinski definition) is 3. The molecule has 1 unspecified atom stereocenters. The minimum absolute atomic E-state index is 0.264. The van der Waals surface area contributed by atoms with Crippen molar-refractivity contribution in [2.45, 2.75) is 23.8 Å². The number of thiol groups is 1. The van der Waals surface area contributed by atoms with Crippen molar-refractivity contribution in [3.8, 4) is 0 Å². The van der Waals surface area contributed by atoms with E-state index in [1.54, 1.807) is 18.2 Å². The molecule has 1 aromatic carbocycles. The number of aldehydes is 1. The van der Waals surface area contributed by atoms with E-state index < -0.39 is 12.1 Å². The van der Waals surface area contributed by atoms with Gasteiger partial charge < -0.3 is 15.0 Å². The van der Waals surface area contributed by atoms with Crippen molar-refractivity contribution < 1.29 is 19.8 Å². The van der Waals surface area contributed by atoms with Crippen LogP contribution in [0.1, 0.15) is 23.7 Å². The Kier molecular flexibility index (Phi) is 4.52. The van der Waals surface area contributed by atoms with Crippen LogP contribution in [0.5, 0.6) is 0 Å². The third-order valence-electron chi connectivity index (χ3n) is 2.21. The molecule has 0 aromatic heterocycles. The molecule has 5 heteroatoms. The molecule has 0 spiro atoms. The fraction of sp³-hybridized carbons (Fsp3) is 0.273. The van der Waals surface area contributed by atoms with Gasteiger partial charge in [-0.1, -0.05) is 12.1 Å². The van der Waals surface area contributed by atoms with E-state index in [2.05, 4.69) is 12.6 Å². The fourth-order valence-electron chi connectivity index (χ4n) is 1.47. The number of hydrogen-bond acceptors (Lipinski definition) is 4. The molecule has 0 aliphatic heterocycles. The van der Waals surface area contributed by atoms with Gasteiger partial charge in [-0.05, 0) is 18.1 Å². The molecule has 0 saturated carbocycles. The lowest BCUT2D eigenvalue weighted by atomic mass is 9.99. The largest absolute Gasteiger partial charge is 0.479 e. The topological polar surface area (TPSA) is 74.6 Å². The van der Waals surface area contributed by atoms with E-state index in [-0.39, 0.29) is 12.0 Å². The third-order valence-corrected chi connectivity index (χ3v) is 2.60. The lowest BCUT2D eigenvalue weighted by Gasteiger charge is -2.13. The summed E-state index contributed by atoms with van der Waals surface area (Å²) < 4.78 is 0. The van der Waals surface area contributed by atoms with E-state index >= 15 is 0 Å². The van der Waals surface area contributed by atoms with Gasteiger partial charge in [0.25, 0.3) is 0 Å². The van der Waals surface area contributed by atoms with Crippen LogP contribution in [0.25, 0.3) is 0 Å². The molecule has 0 fully saturated rings. The molecule has 1 aromatic rings. The number of rotatable bonds is 5. The second-order valence-electron chi connectivity index (χ2n) is 3.30. The molecule has 86 valence electrons. The van der Waals surface area contributed by atoms with Crippen molar-refractivity contribution in [1.29, 1.82) is 0 Å². The predicted molar refractivity (Wildman–Crippen MR) is 60.7 cm³/mol. The Labute approximate surface area is 98.3 Å². The number of carbonyl (C=O) groups is 2. The molecule has 0 radical (unpaired) electrons. The summed E-state index contributed by atoms with van der Waals surface area (Å²) in [6.45, 7) is 0. The van der Waals surface area contributed by atoms with Crippen molar-refractivity contribution in [1.82, 2.24) is 0 Å². The van der Waals surface area contributed by atoms with Gasteiger partial charge in [-0.3, -0.25) is 0 Å². The number of aliphatic hydroxyl groups excluding tert-OH is 1. The van der Waals surface area contributed by atoms with Crippen LogP contribution >= 0.6 is 12.6 Å². The van der Waals surface area contributed by atoms with Crippen LogP contribution < -0.4 is 0 Å². The average Bonchev–Trinajstić information content (AvgIpc) is 2.25. The van der Waals surface area contributed by atoms with Crippen LogP contribution in [0.15, 0.2) is 23.1 Å². The van der Waals surface area contributed by atoms with Gasteiger partial charge in [0.2, 0.25) is 0 Å². The fourth-order valence-corrected chi connectivity index (χ4v) is 1.82. The number of aliphatic hydroxyl groups is 1. The Balaban J connectivity index is 3.12. The van der Waals surface area contributed by atoms with Gasteiger partial charge >= 0.3 is 5.97 Å². The zero-order valence-electron chi connectivity index (χ0n) is 8.46. The minimum atomic E-state index is -1.60. The minimum Gasteiger partial charge on any atom is -0.479 e. The van der Waals surface area contributed by atoms with E-state index in [0.717, 1.165) is 6.29 Å². The summed E-state index contributed by atoms with van der Waals surface area (Å²) in [5.41, 5.74) is 0.898. The van der Waals surface area contributed by atoms with Crippen molar-refractivity contribution in [3.63, 3.8) is 0 Å². The molecule has 1 rings (SSSR count). The summed E-state index contributed by atoms with van der Waals surface area (Å²) in [6, 6.07) is 5.00. The summed E-state index contributed by atoms with van der Waals surface area (Å²) in [6.07, 6.45) is -0.161. The molecule has 0 aliphatic carbocycles. The highest BCUT2D eigenvalue weighted by Gasteiger charge is 2.21. The summed E-state index contributed by atoms with van der Waals surface area (Å²) in [4.78, 5) is 21.4. The lowest BCUT2D eigenvalue weighted by Crippen LogP contribution is -2.13. The van der Waals surface area contributed by atoms with Crippen LogP contribution in [-0.4, -0.2) is 22.5 Å². The molecule has 2 N–H and O–H groups in total. The third kappa shape index (κ3) is 2.84. The maximum absolute atomic E-state index is 10.7. The van der Waals surface area contributed by atoms with Crippen LogP contribution in [0.2, 0.25) is 0 Å². The first-order chi connectivity index (χ1) is 7.57. The molecule has 0 amide bonds. The van der Waals surface area contributed by atoms with Gasteiger partial charge in [-0.25, -0.2) is 4.79 Å². The van der Waals surface area contributed by atoms with E-state index in [1.165, 1.54) is 0 Å². The second-order valence-corrected chi connectivity index (χ2v) is 3.78. The molecule has 1 atom stereocenters. The molecule has 0 saturated heterocycles. The van der Waals surface area contributed by atoms with E-state index in [0.29, 0.717) is 16.9 Å². The Bertz CT molecular complexity index is 403. The maximum atomic E-state index is 10.7. The van der Waals surface area contributed by atoms with Gasteiger partial charge in [0, 0.05) is 16.9 Å². The van der Waals surface area contributed by atoms with Crippen molar-refractivity contribution in [3.05, 3.63) is 29.3 Å². The Morgan fingerprint density at radius 2 is 2.19 bits per heavy atom. The van der Waals surface area contributed by atoms with Gasteiger partial charge in [0.1, 0.15) is 6.29 Å². The number of carboxylic acids is 1. The molecule has 4 nitrogen and oxygen atoms in total. The number of carbonyl (C=O) groups excluding carboxylic acids is 1. The lowest BCUT2D eigenvalue weighted by molar-refractivity contribution is -0.147. The molecule has 16 heavy (non-hydrogen) atoms. The highest BCUT2D eigenvalue weighted by atomic mass is 32.1. The van der Waals surface area contributed by atoms with E-state index in [4.69, 9.17) is 5.11 Å². The monoisotopic (exact) mass is 240 g/mol. The van der Waals surface area contributed by atoms with E-state index in [1.807, 2.05) is 0 Å². The van der Waals surface area contributed by atoms with Crippen LogP contribution in [-0.2, 0) is 16.0 Å². The molecule has 0 bridgehead atoms. The van der Waals surface area contributed by atoms with Gasteiger partial charge in [0.15, 0.2) is 6.10 Å². The zero-order chi connectivity index (χ0) is 12.1. The average molecular weight is 240 g/mol. The zero-order valence-corrected chi connectivity index (χ0v) is 9.35. The van der Waals surface area contributed by atoms with Gasteiger partial charge in [-0.15, -0.1) is 12.6 Å². The number of aliphatic carboxylic acids is 1. The van der Waals surface area contributed by atoms with Gasteiger partial charge in [0.05, 0.1) is 0 Å². The van der Waals surface area contributed by atoms with Crippen LogP contribution in [0.3, 0.4) is 0 Å². The van der Waals surface area contributed by atoms with Crippen LogP contribution in [0.4, 0.5) is 0 Å². The number of carboxylic acid groups (broad SMARTS) is 1. The Morgan fingerprint density at radius 3 is 2.75 bits per heavy atom. The highest BCUT2D eigenvalue weighted by molar-refractivity contribution is 7.80. The number of aryl methyl sites for hydroxylation is 1. The molecule has 0 heterocycles. The summed E-state index contributed by atoms with van der Waals surface area (Å²) in [5.74, 6) is -1.33. The SMILES string of the molecule is O=CCCc1cccc(S)c1C(O)C(=O)O. The first-order valence-corrected chi connectivity index (χ1v) is 5.18. The van der Waals surface area contributed by atoms with Crippen molar-refractivity contribution >= 4 is 24.9 Å². The normalized spacial score (nSPS) is 12.1. The molecule has 0 aliphatic rings. The van der Waals surface area contributed by atoms with Crippen molar-refractivity contribution in [2.24, 2.45) is 0 Å². The van der Waals surface area contributed by atoms with Gasteiger partial charge in [-0.2, -0.15) is 0 Å². The number of benzene rings is 1. The predicted octanol–water partition coefficient (Wildman–Crippen LogP) is 1.22. The highest BCUT2D eigenvalue weighted by Crippen LogP contribution is 2.26. The Hall–Kier alpha value is -1.33. The summed E-state index contributed by atoms with van der Waals surface area (Å²) in [7, 11) is 0. The first kappa shape index (κ1) is 12.7. The Morgan fingerprint density at radius 1 is 1.50 bits per heavy atom.